The quantitative estimate of drug-likeness (QED) is 0.675. The van der Waals surface area contributed by atoms with Gasteiger partial charge in [0.25, 0.3) is 0 Å². The molecule has 114 valence electrons. The first-order chi connectivity index (χ1) is 9.95. The molecule has 0 aliphatic carbocycles. The van der Waals surface area contributed by atoms with Crippen molar-refractivity contribution in [3.05, 3.63) is 29.8 Å². The van der Waals surface area contributed by atoms with Gasteiger partial charge in [0.1, 0.15) is 0 Å². The van der Waals surface area contributed by atoms with Crippen LogP contribution in [0.25, 0.3) is 0 Å². The molecule has 0 spiro atoms. The fourth-order valence-corrected chi connectivity index (χ4v) is 2.78. The predicted molar refractivity (Wildman–Crippen MR) is 77.1 cm³/mol. The molecule has 2 N–H and O–H groups in total. The summed E-state index contributed by atoms with van der Waals surface area (Å²) in [6, 6.07) is 8.17. The second-order valence-corrected chi connectivity index (χ2v) is 6.32. The Morgan fingerprint density at radius 3 is 2.48 bits per heavy atom. The lowest BCUT2D eigenvalue weighted by Crippen LogP contribution is -2.24. The van der Waals surface area contributed by atoms with Gasteiger partial charge in [-0.25, -0.2) is 13.1 Å². The van der Waals surface area contributed by atoms with Gasteiger partial charge in [-0.1, -0.05) is 12.1 Å². The normalized spacial score (nSPS) is 11.0. The lowest BCUT2D eigenvalue weighted by molar-refractivity contribution is -0.136. The predicted octanol–water partition coefficient (Wildman–Crippen LogP) is 1.68. The second kappa shape index (κ2) is 8.39. The number of hydrogen-bond donors (Lipinski definition) is 2. The molecule has 0 unspecified atom stereocenters. The summed E-state index contributed by atoms with van der Waals surface area (Å²) >= 11 is 0. The van der Waals surface area contributed by atoms with E-state index < -0.39 is 16.0 Å². The van der Waals surface area contributed by atoms with Crippen LogP contribution in [0.15, 0.2) is 29.2 Å². The monoisotopic (exact) mass is 310 g/mol. The minimum absolute atomic E-state index is 0.0171. The third kappa shape index (κ3) is 6.38. The Bertz CT molecular complexity index is 603. The Kier molecular flexibility index (Phi) is 6.85. The van der Waals surface area contributed by atoms with Gasteiger partial charge in [-0.05, 0) is 37.0 Å². The van der Waals surface area contributed by atoms with Crippen molar-refractivity contribution in [2.24, 2.45) is 0 Å². The number of unbranched alkanes of at least 4 members (excludes halogenated alkanes) is 2. The van der Waals surface area contributed by atoms with Crippen LogP contribution in [0, 0.1) is 11.3 Å². The van der Waals surface area contributed by atoms with Crippen LogP contribution in [0.3, 0.4) is 0 Å². The molecular weight excluding hydrogens is 292 g/mol. The highest BCUT2D eigenvalue weighted by Gasteiger charge is 2.12. The zero-order chi connectivity index (χ0) is 15.7. The molecule has 0 aliphatic heterocycles. The van der Waals surface area contributed by atoms with Crippen LogP contribution in [0.1, 0.15) is 31.2 Å². The van der Waals surface area contributed by atoms with Gasteiger partial charge in [-0.3, -0.25) is 4.79 Å². The van der Waals surface area contributed by atoms with Gasteiger partial charge in [0.2, 0.25) is 10.0 Å². The maximum Gasteiger partial charge on any atom is 0.303 e. The van der Waals surface area contributed by atoms with Crippen LogP contribution >= 0.6 is 0 Å². The number of sulfonamides is 1. The van der Waals surface area contributed by atoms with Crippen molar-refractivity contribution in [2.45, 2.75) is 37.0 Å². The molecular formula is C14H18N2O4S. The molecule has 1 rings (SSSR count). The molecule has 0 aromatic heterocycles. The number of nitrogens with zero attached hydrogens (tertiary/aromatic N) is 1. The van der Waals surface area contributed by atoms with Gasteiger partial charge in [-0.2, -0.15) is 5.26 Å². The highest BCUT2D eigenvalue weighted by Crippen LogP contribution is 2.12. The average Bonchev–Trinajstić information content (AvgIpc) is 2.45. The first-order valence-corrected chi connectivity index (χ1v) is 8.11. The molecule has 0 radical (unpaired) electrons. The molecule has 0 bridgehead atoms. The van der Waals surface area contributed by atoms with Crippen molar-refractivity contribution in [1.82, 2.24) is 4.72 Å². The third-order valence-corrected chi connectivity index (χ3v) is 4.35. The van der Waals surface area contributed by atoms with Crippen LogP contribution in [0.5, 0.6) is 0 Å². The Hall–Kier alpha value is -1.91. The van der Waals surface area contributed by atoms with Crippen molar-refractivity contribution < 1.29 is 18.3 Å². The number of carbonyl (C=O) groups is 1. The van der Waals surface area contributed by atoms with E-state index in [9.17, 15) is 13.2 Å². The van der Waals surface area contributed by atoms with Gasteiger partial charge in [-0.15, -0.1) is 0 Å². The summed E-state index contributed by atoms with van der Waals surface area (Å²) in [6.45, 7) is 0.296. The van der Waals surface area contributed by atoms with E-state index in [1.165, 1.54) is 12.1 Å². The van der Waals surface area contributed by atoms with Crippen molar-refractivity contribution in [2.75, 3.05) is 6.54 Å². The Labute approximate surface area is 124 Å². The van der Waals surface area contributed by atoms with Gasteiger partial charge >= 0.3 is 5.97 Å². The molecule has 0 fully saturated rings. The highest BCUT2D eigenvalue weighted by atomic mass is 32.2. The van der Waals surface area contributed by atoms with Crippen LogP contribution in [0.2, 0.25) is 0 Å². The van der Waals surface area contributed by atoms with Crippen molar-refractivity contribution in [3.8, 4) is 6.07 Å². The number of nitrogens with one attached hydrogen (secondary N) is 1. The summed E-state index contributed by atoms with van der Waals surface area (Å²) in [5.74, 6) is -0.884. The zero-order valence-electron chi connectivity index (χ0n) is 11.6. The fraction of sp³-hybridized carbons (Fsp3) is 0.429. The molecule has 1 aromatic rings. The molecule has 0 atom stereocenters. The average molecular weight is 310 g/mol. The summed E-state index contributed by atoms with van der Waals surface area (Å²) < 4.78 is 26.4. The Balaban J connectivity index is 2.55. The third-order valence-electron chi connectivity index (χ3n) is 2.87. The molecule has 0 amide bonds. The Morgan fingerprint density at radius 2 is 1.90 bits per heavy atom. The van der Waals surface area contributed by atoms with Gasteiger partial charge < -0.3 is 5.11 Å². The minimum atomic E-state index is -3.54. The maximum atomic E-state index is 12.0. The molecule has 21 heavy (non-hydrogen) atoms. The molecule has 0 heterocycles. The van der Waals surface area contributed by atoms with Crippen LogP contribution in [-0.2, 0) is 21.2 Å². The number of nitriles is 1. The van der Waals surface area contributed by atoms with Crippen molar-refractivity contribution in [1.29, 1.82) is 5.26 Å². The first kappa shape index (κ1) is 17.1. The van der Waals surface area contributed by atoms with E-state index in [4.69, 9.17) is 10.4 Å². The van der Waals surface area contributed by atoms with Crippen LogP contribution in [-0.4, -0.2) is 26.0 Å². The smallest absolute Gasteiger partial charge is 0.303 e. The number of hydrogen-bond acceptors (Lipinski definition) is 4. The van der Waals surface area contributed by atoms with Crippen molar-refractivity contribution in [3.63, 3.8) is 0 Å². The largest absolute Gasteiger partial charge is 0.481 e. The van der Waals surface area contributed by atoms with E-state index in [0.717, 1.165) is 5.56 Å². The van der Waals surface area contributed by atoms with Crippen LogP contribution in [0.4, 0.5) is 0 Å². The van der Waals surface area contributed by atoms with Gasteiger partial charge in [0.15, 0.2) is 0 Å². The van der Waals surface area contributed by atoms with E-state index in [1.54, 1.807) is 12.1 Å². The van der Waals surface area contributed by atoms with Gasteiger partial charge in [0.05, 0.1) is 11.0 Å². The van der Waals surface area contributed by atoms with Crippen molar-refractivity contribution >= 4 is 16.0 Å². The minimum Gasteiger partial charge on any atom is -0.481 e. The van der Waals surface area contributed by atoms with E-state index in [0.29, 0.717) is 32.2 Å². The summed E-state index contributed by atoms with van der Waals surface area (Å²) in [6.07, 6.45) is 2.08. The summed E-state index contributed by atoms with van der Waals surface area (Å²) in [5, 5.41) is 17.0. The molecule has 6 nitrogen and oxygen atoms in total. The molecule has 1 aromatic carbocycles. The van der Waals surface area contributed by atoms with Crippen LogP contribution < -0.4 is 4.72 Å². The standard InChI is InChI=1S/C14H18N2O4S/c15-10-2-1-3-11-16-21(19,20)13-7-4-12(5-8-13)6-9-14(17)18/h4-5,7-8,16H,1-3,6,9,11H2,(H,17,18). The van der Waals surface area contributed by atoms with E-state index >= 15 is 0 Å². The first-order valence-electron chi connectivity index (χ1n) is 6.63. The molecule has 0 saturated heterocycles. The lowest BCUT2D eigenvalue weighted by atomic mass is 10.1. The molecule has 0 aliphatic rings. The number of aliphatic carboxylic acids is 1. The van der Waals surface area contributed by atoms with E-state index in [2.05, 4.69) is 4.72 Å². The zero-order valence-corrected chi connectivity index (χ0v) is 12.4. The van der Waals surface area contributed by atoms with E-state index in [1.807, 2.05) is 6.07 Å². The summed E-state index contributed by atoms with van der Waals surface area (Å²) in [4.78, 5) is 10.6. The highest BCUT2D eigenvalue weighted by molar-refractivity contribution is 7.89. The summed E-state index contributed by atoms with van der Waals surface area (Å²) in [7, 11) is -3.54. The number of carboxylic acids is 1. The lowest BCUT2D eigenvalue weighted by Gasteiger charge is -2.07. The number of aryl methyl sites for hydroxylation is 1. The fourth-order valence-electron chi connectivity index (χ4n) is 1.71. The number of benzene rings is 1. The maximum absolute atomic E-state index is 12.0. The van der Waals surface area contributed by atoms with Gasteiger partial charge in [0, 0.05) is 19.4 Å². The number of rotatable bonds is 9. The SMILES string of the molecule is N#CCCCCNS(=O)(=O)c1ccc(CCC(=O)O)cc1. The Morgan fingerprint density at radius 1 is 1.24 bits per heavy atom. The summed E-state index contributed by atoms with van der Waals surface area (Å²) in [5.41, 5.74) is 0.783. The number of carboxylic acid groups (broad SMARTS) is 1. The topological polar surface area (TPSA) is 107 Å². The second-order valence-electron chi connectivity index (χ2n) is 4.55. The molecule has 0 saturated carbocycles. The van der Waals surface area contributed by atoms with E-state index in [-0.39, 0.29) is 11.3 Å². The molecule has 7 heteroatoms.